The van der Waals surface area contributed by atoms with Crippen molar-refractivity contribution in [3.63, 3.8) is 0 Å². The standard InChI is InChI=1S/C55H36N2O/c1-55(2)46-21-11-20-42-44-31-36(24-28-49(44)57-48-22-7-5-17-40(48)43-26-27-47(55)53(52(42)46)54(43)57)56(37-25-29-51-45(32-37)41-18-6-8-23-50(41)58-51)35-15-9-14-34(30-35)39-19-10-13-33-12-3-4-16-38(33)39/h3-32H,1-2H3. The predicted octanol–water partition coefficient (Wildman–Crippen LogP) is 15.3. The summed E-state index contributed by atoms with van der Waals surface area (Å²) in [6.07, 6.45) is 0. The number of furan rings is 1. The molecule has 11 aromatic rings. The molecule has 0 spiro atoms. The largest absolute Gasteiger partial charge is 0.456 e. The van der Waals surface area contributed by atoms with Crippen molar-refractivity contribution in [2.75, 3.05) is 4.90 Å². The molecule has 2 aromatic heterocycles. The number of fused-ring (bicyclic) bond motifs is 10. The van der Waals surface area contributed by atoms with Gasteiger partial charge < -0.3 is 13.9 Å². The first-order valence-electron chi connectivity index (χ1n) is 20.2. The number of nitrogens with zero attached hydrogens (tertiary/aromatic N) is 2. The van der Waals surface area contributed by atoms with Gasteiger partial charge >= 0.3 is 0 Å². The number of hydrogen-bond acceptors (Lipinski definition) is 2. The molecule has 272 valence electrons. The lowest BCUT2D eigenvalue weighted by Gasteiger charge is -2.28. The lowest BCUT2D eigenvalue weighted by atomic mass is 9.81. The van der Waals surface area contributed by atoms with Gasteiger partial charge in [0.25, 0.3) is 0 Å². The SMILES string of the molecule is CC1(C)c2cccc3c2-c2c1ccc1c4ccccc4n(c21)-c1ccc(N(c2cccc(-c4cccc5ccccc45)c2)c2ccc4oc5ccccc5c4c2)cc1-3. The summed E-state index contributed by atoms with van der Waals surface area (Å²) >= 11 is 0. The van der Waals surface area contributed by atoms with Gasteiger partial charge in [0.15, 0.2) is 0 Å². The molecule has 0 fully saturated rings. The summed E-state index contributed by atoms with van der Waals surface area (Å²) in [6.45, 7) is 4.78. The molecule has 13 rings (SSSR count). The minimum Gasteiger partial charge on any atom is -0.456 e. The first-order chi connectivity index (χ1) is 28.5. The van der Waals surface area contributed by atoms with Gasteiger partial charge in [-0.05, 0) is 105 Å². The first-order valence-corrected chi connectivity index (χ1v) is 20.2. The third kappa shape index (κ3) is 4.17. The predicted molar refractivity (Wildman–Crippen MR) is 242 cm³/mol. The zero-order valence-corrected chi connectivity index (χ0v) is 32.1. The second-order valence-electron chi connectivity index (χ2n) is 16.5. The Kier molecular flexibility index (Phi) is 6.23. The van der Waals surface area contributed by atoms with Crippen LogP contribution in [0, 0.1) is 0 Å². The quantitative estimate of drug-likeness (QED) is 0.179. The van der Waals surface area contributed by atoms with Crippen molar-refractivity contribution >= 4 is 71.6 Å². The van der Waals surface area contributed by atoms with E-state index < -0.39 is 0 Å². The van der Waals surface area contributed by atoms with Gasteiger partial charge in [-0.3, -0.25) is 0 Å². The van der Waals surface area contributed by atoms with Crippen LogP contribution in [-0.2, 0) is 5.41 Å². The van der Waals surface area contributed by atoms with Gasteiger partial charge in [-0.15, -0.1) is 0 Å². The molecule has 0 radical (unpaired) electrons. The van der Waals surface area contributed by atoms with E-state index in [1.165, 1.54) is 82.8 Å². The van der Waals surface area contributed by atoms with E-state index in [0.29, 0.717) is 0 Å². The number of rotatable bonds is 4. The van der Waals surface area contributed by atoms with Gasteiger partial charge in [0, 0.05) is 55.1 Å². The highest BCUT2D eigenvalue weighted by atomic mass is 16.3. The van der Waals surface area contributed by atoms with Crippen molar-refractivity contribution in [3.05, 3.63) is 193 Å². The summed E-state index contributed by atoms with van der Waals surface area (Å²) in [7, 11) is 0. The summed E-state index contributed by atoms with van der Waals surface area (Å²) in [5, 5.41) is 7.29. The zero-order chi connectivity index (χ0) is 38.3. The minimum atomic E-state index is -0.123. The molecule has 2 aliphatic rings. The van der Waals surface area contributed by atoms with Crippen LogP contribution in [-0.4, -0.2) is 4.57 Å². The Hall–Kier alpha value is -7.36. The van der Waals surface area contributed by atoms with E-state index in [2.05, 4.69) is 199 Å². The fourth-order valence-electron chi connectivity index (χ4n) is 10.5. The van der Waals surface area contributed by atoms with E-state index in [1.54, 1.807) is 0 Å². The fraction of sp³-hybridized carbons (Fsp3) is 0.0545. The van der Waals surface area contributed by atoms with Crippen molar-refractivity contribution in [3.8, 4) is 39.1 Å². The van der Waals surface area contributed by atoms with E-state index in [1.807, 2.05) is 6.07 Å². The lowest BCUT2D eigenvalue weighted by Crippen LogP contribution is -2.15. The Morgan fingerprint density at radius 1 is 0.448 bits per heavy atom. The maximum Gasteiger partial charge on any atom is 0.135 e. The summed E-state index contributed by atoms with van der Waals surface area (Å²) in [5.41, 5.74) is 19.1. The summed E-state index contributed by atoms with van der Waals surface area (Å²) in [4.78, 5) is 2.43. The highest BCUT2D eigenvalue weighted by molar-refractivity contribution is 6.19. The van der Waals surface area contributed by atoms with Crippen LogP contribution in [0.2, 0.25) is 0 Å². The zero-order valence-electron chi connectivity index (χ0n) is 32.1. The minimum absolute atomic E-state index is 0.123. The van der Waals surface area contributed by atoms with Crippen molar-refractivity contribution in [1.29, 1.82) is 0 Å². The third-order valence-corrected chi connectivity index (χ3v) is 13.1. The highest BCUT2D eigenvalue weighted by Gasteiger charge is 2.41. The Balaban J connectivity index is 1.10. The van der Waals surface area contributed by atoms with Gasteiger partial charge in [0.05, 0.1) is 16.7 Å². The molecule has 0 unspecified atom stereocenters. The van der Waals surface area contributed by atoms with Crippen LogP contribution in [0.3, 0.4) is 0 Å². The van der Waals surface area contributed by atoms with E-state index >= 15 is 0 Å². The van der Waals surface area contributed by atoms with Crippen molar-refractivity contribution in [2.45, 2.75) is 19.3 Å². The van der Waals surface area contributed by atoms with Crippen LogP contribution >= 0.6 is 0 Å². The molecule has 9 aromatic carbocycles. The van der Waals surface area contributed by atoms with Crippen LogP contribution in [0.25, 0.3) is 93.6 Å². The number of para-hydroxylation sites is 2. The smallest absolute Gasteiger partial charge is 0.135 e. The van der Waals surface area contributed by atoms with Gasteiger partial charge in [0.1, 0.15) is 11.2 Å². The molecule has 0 bridgehead atoms. The molecule has 1 aliphatic heterocycles. The van der Waals surface area contributed by atoms with Crippen LogP contribution in [0.1, 0.15) is 25.0 Å². The molecular formula is C55H36N2O. The van der Waals surface area contributed by atoms with Crippen LogP contribution in [0.15, 0.2) is 186 Å². The van der Waals surface area contributed by atoms with Crippen LogP contribution in [0.4, 0.5) is 17.1 Å². The molecule has 0 amide bonds. The maximum absolute atomic E-state index is 6.34. The third-order valence-electron chi connectivity index (χ3n) is 13.1. The topological polar surface area (TPSA) is 21.3 Å². The van der Waals surface area contributed by atoms with E-state index in [0.717, 1.165) is 39.0 Å². The molecule has 3 heterocycles. The average molecular weight is 741 g/mol. The second kappa shape index (κ2) is 11.4. The Morgan fingerprint density at radius 2 is 1.14 bits per heavy atom. The molecule has 3 nitrogen and oxygen atoms in total. The Morgan fingerprint density at radius 3 is 2.07 bits per heavy atom. The van der Waals surface area contributed by atoms with Gasteiger partial charge in [-0.25, -0.2) is 0 Å². The van der Waals surface area contributed by atoms with Gasteiger partial charge in [-0.1, -0.05) is 135 Å². The van der Waals surface area contributed by atoms with Crippen molar-refractivity contribution in [1.82, 2.24) is 4.57 Å². The molecular weight excluding hydrogens is 705 g/mol. The van der Waals surface area contributed by atoms with Gasteiger partial charge in [-0.2, -0.15) is 0 Å². The molecule has 1 aliphatic carbocycles. The molecule has 0 N–H and O–H groups in total. The average Bonchev–Trinajstić information content (AvgIpc) is 3.85. The normalized spacial score (nSPS) is 13.5. The van der Waals surface area contributed by atoms with Crippen LogP contribution < -0.4 is 4.90 Å². The number of hydrogen-bond donors (Lipinski definition) is 0. The molecule has 0 atom stereocenters. The molecule has 3 heteroatoms. The van der Waals surface area contributed by atoms with E-state index in [4.69, 9.17) is 4.42 Å². The van der Waals surface area contributed by atoms with E-state index in [9.17, 15) is 0 Å². The maximum atomic E-state index is 6.34. The van der Waals surface area contributed by atoms with Crippen molar-refractivity contribution in [2.24, 2.45) is 0 Å². The number of aromatic nitrogens is 1. The van der Waals surface area contributed by atoms with E-state index in [-0.39, 0.29) is 5.41 Å². The summed E-state index contributed by atoms with van der Waals surface area (Å²) in [6, 6.07) is 67.0. The molecule has 0 saturated carbocycles. The lowest BCUT2D eigenvalue weighted by molar-refractivity contribution is 0.661. The highest BCUT2D eigenvalue weighted by Crippen LogP contribution is 2.58. The second-order valence-corrected chi connectivity index (χ2v) is 16.5. The molecule has 58 heavy (non-hydrogen) atoms. The van der Waals surface area contributed by atoms with Crippen molar-refractivity contribution < 1.29 is 4.42 Å². The Labute approximate surface area is 335 Å². The summed E-state index contributed by atoms with van der Waals surface area (Å²) < 4.78 is 8.89. The summed E-state index contributed by atoms with van der Waals surface area (Å²) in [5.74, 6) is 0. The van der Waals surface area contributed by atoms with Crippen LogP contribution in [0.5, 0.6) is 0 Å². The number of benzene rings is 9. The van der Waals surface area contributed by atoms with Gasteiger partial charge in [0.2, 0.25) is 0 Å². The number of anilines is 3. The first kappa shape index (κ1) is 31.8. The molecule has 0 saturated heterocycles. The Bertz CT molecular complexity index is 3560. The fourth-order valence-corrected chi connectivity index (χ4v) is 10.5. The monoisotopic (exact) mass is 740 g/mol.